The second-order valence-corrected chi connectivity index (χ2v) is 9.20. The molecule has 0 atom stereocenters. The molecule has 1 N–H and O–H groups in total. The SMILES string of the molecule is COc1ccc(S(=O)(=O)N(CC(=O)NC2CC2)c2ccc(C)cc2)cc1Br. The van der Waals surface area contributed by atoms with Crippen molar-refractivity contribution >= 4 is 37.5 Å². The number of anilines is 1. The summed E-state index contributed by atoms with van der Waals surface area (Å²) in [6.07, 6.45) is 1.88. The Labute approximate surface area is 167 Å². The number of nitrogens with one attached hydrogen (secondary N) is 1. The van der Waals surface area contributed by atoms with E-state index in [0.717, 1.165) is 22.7 Å². The van der Waals surface area contributed by atoms with Gasteiger partial charge in [0.05, 0.1) is 22.2 Å². The minimum Gasteiger partial charge on any atom is -0.496 e. The molecule has 0 aliphatic heterocycles. The van der Waals surface area contributed by atoms with Crippen LogP contribution in [0.25, 0.3) is 0 Å². The molecule has 0 aromatic heterocycles. The van der Waals surface area contributed by atoms with Crippen LogP contribution in [0, 0.1) is 6.92 Å². The van der Waals surface area contributed by atoms with Crippen molar-refractivity contribution in [2.45, 2.75) is 30.7 Å². The number of aryl methyl sites for hydroxylation is 1. The first-order valence-electron chi connectivity index (χ1n) is 8.53. The molecule has 6 nitrogen and oxygen atoms in total. The Bertz CT molecular complexity index is 941. The number of amides is 1. The molecule has 0 heterocycles. The Morgan fingerprint density at radius 3 is 2.44 bits per heavy atom. The monoisotopic (exact) mass is 452 g/mol. The van der Waals surface area contributed by atoms with Crippen LogP contribution in [0.4, 0.5) is 5.69 Å². The average Bonchev–Trinajstić information content (AvgIpc) is 3.44. The molecule has 1 fully saturated rings. The lowest BCUT2D eigenvalue weighted by Crippen LogP contribution is -2.41. The largest absolute Gasteiger partial charge is 0.496 e. The van der Waals surface area contributed by atoms with E-state index in [1.165, 1.54) is 19.2 Å². The van der Waals surface area contributed by atoms with Crippen LogP contribution in [0.2, 0.25) is 0 Å². The molecular formula is C19H21BrN2O4S. The fourth-order valence-corrected chi connectivity index (χ4v) is 4.73. The first kappa shape index (κ1) is 19.7. The minimum atomic E-state index is -3.94. The zero-order valence-electron chi connectivity index (χ0n) is 15.1. The molecule has 2 aromatic rings. The van der Waals surface area contributed by atoms with Gasteiger partial charge in [0.1, 0.15) is 12.3 Å². The molecule has 8 heteroatoms. The molecule has 0 radical (unpaired) electrons. The lowest BCUT2D eigenvalue weighted by Gasteiger charge is -2.24. The molecule has 1 saturated carbocycles. The van der Waals surface area contributed by atoms with Gasteiger partial charge in [-0.2, -0.15) is 0 Å². The summed E-state index contributed by atoms with van der Waals surface area (Å²) in [7, 11) is -2.43. The average molecular weight is 453 g/mol. The predicted octanol–water partition coefficient (Wildman–Crippen LogP) is 3.24. The third-order valence-corrected chi connectivity index (χ3v) is 6.65. The Morgan fingerprint density at radius 2 is 1.89 bits per heavy atom. The zero-order valence-corrected chi connectivity index (χ0v) is 17.5. The van der Waals surface area contributed by atoms with Gasteiger partial charge in [-0.25, -0.2) is 8.42 Å². The molecule has 0 spiro atoms. The molecule has 0 unspecified atom stereocenters. The van der Waals surface area contributed by atoms with Crippen molar-refractivity contribution in [3.63, 3.8) is 0 Å². The smallest absolute Gasteiger partial charge is 0.264 e. The van der Waals surface area contributed by atoms with Gasteiger partial charge in [0.15, 0.2) is 0 Å². The second-order valence-electron chi connectivity index (χ2n) is 6.49. The fraction of sp³-hybridized carbons (Fsp3) is 0.316. The third-order valence-electron chi connectivity index (χ3n) is 4.26. The van der Waals surface area contributed by atoms with E-state index in [2.05, 4.69) is 21.2 Å². The number of hydrogen-bond acceptors (Lipinski definition) is 4. The number of nitrogens with zero attached hydrogens (tertiary/aromatic N) is 1. The van der Waals surface area contributed by atoms with Crippen molar-refractivity contribution < 1.29 is 17.9 Å². The Kier molecular flexibility index (Phi) is 5.76. The maximum absolute atomic E-state index is 13.3. The summed E-state index contributed by atoms with van der Waals surface area (Å²) in [5.74, 6) is 0.219. The van der Waals surface area contributed by atoms with E-state index in [1.807, 2.05) is 19.1 Å². The molecule has 1 amide bonds. The minimum absolute atomic E-state index is 0.0787. The first-order chi connectivity index (χ1) is 12.8. The summed E-state index contributed by atoms with van der Waals surface area (Å²) in [6, 6.07) is 11.7. The van der Waals surface area contributed by atoms with E-state index < -0.39 is 10.0 Å². The summed E-state index contributed by atoms with van der Waals surface area (Å²) in [6.45, 7) is 1.65. The molecule has 0 bridgehead atoms. The summed E-state index contributed by atoms with van der Waals surface area (Å²) in [5, 5.41) is 2.84. The zero-order chi connectivity index (χ0) is 19.6. The second kappa shape index (κ2) is 7.90. The lowest BCUT2D eigenvalue weighted by molar-refractivity contribution is -0.119. The fourth-order valence-electron chi connectivity index (χ4n) is 2.59. The van der Waals surface area contributed by atoms with Crippen molar-refractivity contribution in [3.05, 3.63) is 52.5 Å². The van der Waals surface area contributed by atoms with Crippen LogP contribution in [0.15, 0.2) is 51.8 Å². The molecular weight excluding hydrogens is 432 g/mol. The van der Waals surface area contributed by atoms with Crippen molar-refractivity contribution in [1.82, 2.24) is 5.32 Å². The van der Waals surface area contributed by atoms with Crippen molar-refractivity contribution in [1.29, 1.82) is 0 Å². The molecule has 2 aromatic carbocycles. The number of methoxy groups -OCH3 is 1. The maximum Gasteiger partial charge on any atom is 0.264 e. The van der Waals surface area contributed by atoms with Crippen LogP contribution in [0.3, 0.4) is 0 Å². The molecule has 27 heavy (non-hydrogen) atoms. The van der Waals surface area contributed by atoms with Crippen LogP contribution >= 0.6 is 15.9 Å². The highest BCUT2D eigenvalue weighted by Crippen LogP contribution is 2.31. The number of rotatable bonds is 7. The highest BCUT2D eigenvalue weighted by Gasteiger charge is 2.30. The standard InChI is InChI=1S/C19H21BrN2O4S/c1-13-3-7-15(8-4-13)22(12-19(23)21-14-5-6-14)27(24,25)16-9-10-18(26-2)17(20)11-16/h3-4,7-11,14H,5-6,12H2,1-2H3,(H,21,23). The predicted molar refractivity (Wildman–Crippen MR) is 108 cm³/mol. The summed E-state index contributed by atoms with van der Waals surface area (Å²) in [5.41, 5.74) is 1.45. The molecule has 3 rings (SSSR count). The van der Waals surface area contributed by atoms with Gasteiger partial charge < -0.3 is 10.1 Å². The number of carbonyl (C=O) groups is 1. The number of sulfonamides is 1. The molecule has 1 aliphatic carbocycles. The molecule has 1 aliphatic rings. The van der Waals surface area contributed by atoms with Crippen LogP contribution in [0.1, 0.15) is 18.4 Å². The van der Waals surface area contributed by atoms with E-state index in [4.69, 9.17) is 4.74 Å². The Balaban J connectivity index is 1.97. The quantitative estimate of drug-likeness (QED) is 0.699. The number of ether oxygens (including phenoxy) is 1. The van der Waals surface area contributed by atoms with Crippen LogP contribution in [-0.2, 0) is 14.8 Å². The molecule has 144 valence electrons. The van der Waals surface area contributed by atoms with Crippen LogP contribution in [0.5, 0.6) is 5.75 Å². The Hall–Kier alpha value is -2.06. The van der Waals surface area contributed by atoms with Gasteiger partial charge in [0, 0.05) is 6.04 Å². The Morgan fingerprint density at radius 1 is 1.22 bits per heavy atom. The van der Waals surface area contributed by atoms with E-state index in [-0.39, 0.29) is 23.4 Å². The van der Waals surface area contributed by atoms with Crippen molar-refractivity contribution in [3.8, 4) is 5.75 Å². The van der Waals surface area contributed by atoms with Gasteiger partial charge in [0.25, 0.3) is 10.0 Å². The maximum atomic E-state index is 13.3. The van der Waals surface area contributed by atoms with E-state index in [0.29, 0.717) is 15.9 Å². The summed E-state index contributed by atoms with van der Waals surface area (Å²) < 4.78 is 33.4. The van der Waals surface area contributed by atoms with Crippen molar-refractivity contribution in [2.75, 3.05) is 18.0 Å². The van der Waals surface area contributed by atoms with Crippen LogP contribution in [-0.4, -0.2) is 34.0 Å². The highest BCUT2D eigenvalue weighted by atomic mass is 79.9. The number of hydrogen-bond donors (Lipinski definition) is 1. The number of carbonyl (C=O) groups excluding carboxylic acids is 1. The topological polar surface area (TPSA) is 75.7 Å². The highest BCUT2D eigenvalue weighted by molar-refractivity contribution is 9.10. The first-order valence-corrected chi connectivity index (χ1v) is 10.8. The summed E-state index contributed by atoms with van der Waals surface area (Å²) >= 11 is 3.32. The summed E-state index contributed by atoms with van der Waals surface area (Å²) in [4.78, 5) is 12.4. The lowest BCUT2D eigenvalue weighted by atomic mass is 10.2. The van der Waals surface area contributed by atoms with Crippen molar-refractivity contribution in [2.24, 2.45) is 0 Å². The van der Waals surface area contributed by atoms with Gasteiger partial charge in [-0.05, 0) is 66.0 Å². The number of benzene rings is 2. The van der Waals surface area contributed by atoms with Gasteiger partial charge in [-0.3, -0.25) is 9.10 Å². The van der Waals surface area contributed by atoms with E-state index >= 15 is 0 Å². The van der Waals surface area contributed by atoms with Gasteiger partial charge in [-0.15, -0.1) is 0 Å². The number of halogens is 1. The normalized spacial score (nSPS) is 13.9. The van der Waals surface area contributed by atoms with Gasteiger partial charge in [0.2, 0.25) is 5.91 Å². The van der Waals surface area contributed by atoms with Crippen LogP contribution < -0.4 is 14.4 Å². The van der Waals surface area contributed by atoms with E-state index in [1.54, 1.807) is 18.2 Å². The van der Waals surface area contributed by atoms with Gasteiger partial charge >= 0.3 is 0 Å². The molecule has 0 saturated heterocycles. The third kappa shape index (κ3) is 4.62. The van der Waals surface area contributed by atoms with Gasteiger partial charge in [-0.1, -0.05) is 17.7 Å². The van der Waals surface area contributed by atoms with E-state index in [9.17, 15) is 13.2 Å².